The maximum Gasteiger partial charge on any atom is 0.300 e. The minimum absolute atomic E-state index is 0.643. The van der Waals surface area contributed by atoms with Crippen LogP contribution in [0.4, 0.5) is 0 Å². The molecule has 13 heavy (non-hydrogen) atoms. The van der Waals surface area contributed by atoms with E-state index in [0.29, 0.717) is 10.3 Å². The van der Waals surface area contributed by atoms with Crippen LogP contribution in [0.3, 0.4) is 0 Å². The lowest BCUT2D eigenvalue weighted by Crippen LogP contribution is -2.24. The number of aromatic nitrogens is 2. The molecule has 0 fully saturated rings. The predicted octanol–water partition coefficient (Wildman–Crippen LogP) is 1.18. The van der Waals surface area contributed by atoms with Crippen LogP contribution < -0.4 is 4.73 Å². The Morgan fingerprint density at radius 2 is 2.15 bits per heavy atom. The molecule has 1 radical (unpaired) electrons. The summed E-state index contributed by atoms with van der Waals surface area (Å²) in [5, 5.41) is 10.9. The minimum atomic E-state index is 0.643. The molecule has 2 heterocycles. The third-order valence-corrected chi connectivity index (χ3v) is 1.66. The van der Waals surface area contributed by atoms with E-state index in [0.717, 1.165) is 5.69 Å². The fourth-order valence-corrected chi connectivity index (χ4v) is 1.08. The molecule has 0 saturated carbocycles. The van der Waals surface area contributed by atoms with E-state index in [9.17, 15) is 5.21 Å². The van der Waals surface area contributed by atoms with Gasteiger partial charge in [-0.25, -0.2) is 0 Å². The first-order valence-corrected chi connectivity index (χ1v) is 3.89. The summed E-state index contributed by atoms with van der Waals surface area (Å²) in [6.07, 6.45) is 5.70. The van der Waals surface area contributed by atoms with Gasteiger partial charge in [0, 0.05) is 12.3 Å². The molecule has 0 aliphatic carbocycles. The SMILES string of the molecule is [O-][n+]1[c]c(-c2ccccn2)ccc1. The van der Waals surface area contributed by atoms with Crippen LogP contribution in [0.25, 0.3) is 11.3 Å². The molecule has 63 valence electrons. The molecule has 0 aromatic carbocycles. The second-order valence-electron chi connectivity index (χ2n) is 2.57. The number of hydrogen-bond acceptors (Lipinski definition) is 2. The van der Waals surface area contributed by atoms with Gasteiger partial charge in [0.25, 0.3) is 6.20 Å². The van der Waals surface area contributed by atoms with Gasteiger partial charge in [-0.3, -0.25) is 4.98 Å². The molecule has 2 rings (SSSR count). The van der Waals surface area contributed by atoms with Crippen molar-refractivity contribution >= 4 is 0 Å². The van der Waals surface area contributed by atoms with Crippen LogP contribution in [-0.4, -0.2) is 4.98 Å². The van der Waals surface area contributed by atoms with Crippen molar-refractivity contribution in [2.24, 2.45) is 0 Å². The Morgan fingerprint density at radius 3 is 2.85 bits per heavy atom. The summed E-state index contributed by atoms with van der Waals surface area (Å²) in [7, 11) is 0. The van der Waals surface area contributed by atoms with Gasteiger partial charge in [-0.05, 0) is 18.2 Å². The molecule has 0 saturated heterocycles. The summed E-state index contributed by atoms with van der Waals surface area (Å²) in [6.45, 7) is 0. The molecular formula is C10H7N2O. The summed E-state index contributed by atoms with van der Waals surface area (Å²) in [6, 6.07) is 9.02. The first-order chi connectivity index (χ1) is 6.36. The molecule has 3 heteroatoms. The topological polar surface area (TPSA) is 39.8 Å². The third kappa shape index (κ3) is 1.64. The molecule has 0 amide bonds. The predicted molar refractivity (Wildman–Crippen MR) is 47.5 cm³/mol. The van der Waals surface area contributed by atoms with Gasteiger partial charge in [0.15, 0.2) is 6.20 Å². The Labute approximate surface area is 75.9 Å². The quantitative estimate of drug-likeness (QED) is 0.477. The van der Waals surface area contributed by atoms with Crippen LogP contribution in [0.2, 0.25) is 0 Å². The zero-order valence-corrected chi connectivity index (χ0v) is 6.84. The largest absolute Gasteiger partial charge is 0.618 e. The van der Waals surface area contributed by atoms with Gasteiger partial charge < -0.3 is 5.21 Å². The molecule has 0 aliphatic heterocycles. The van der Waals surface area contributed by atoms with E-state index in [1.165, 1.54) is 6.20 Å². The molecule has 2 aromatic rings. The molecule has 0 bridgehead atoms. The highest BCUT2D eigenvalue weighted by atomic mass is 16.5. The summed E-state index contributed by atoms with van der Waals surface area (Å²) in [5.74, 6) is 0. The van der Waals surface area contributed by atoms with Crippen molar-refractivity contribution in [3.05, 3.63) is 54.1 Å². The molecule has 3 nitrogen and oxygen atoms in total. The molecule has 0 aliphatic rings. The normalized spacial score (nSPS) is 9.85. The average molecular weight is 171 g/mol. The van der Waals surface area contributed by atoms with E-state index < -0.39 is 0 Å². The van der Waals surface area contributed by atoms with Crippen molar-refractivity contribution in [3.8, 4) is 11.3 Å². The number of nitrogens with zero attached hydrogens (tertiary/aromatic N) is 2. The van der Waals surface area contributed by atoms with E-state index in [2.05, 4.69) is 11.2 Å². The Kier molecular flexibility index (Phi) is 1.92. The molecule has 0 N–H and O–H groups in total. The molecule has 0 atom stereocenters. The molecule has 2 aromatic heterocycles. The van der Waals surface area contributed by atoms with Gasteiger partial charge in [-0.2, -0.15) is 4.73 Å². The molecule has 0 unspecified atom stereocenters. The van der Waals surface area contributed by atoms with Crippen molar-refractivity contribution < 1.29 is 4.73 Å². The standard InChI is InChI=1S/C10H7N2O/c13-12-7-3-4-9(8-12)10-5-1-2-6-11-10/h1-7H. The van der Waals surface area contributed by atoms with E-state index >= 15 is 0 Å². The van der Waals surface area contributed by atoms with Crippen LogP contribution in [-0.2, 0) is 0 Å². The molecular weight excluding hydrogens is 164 g/mol. The maximum atomic E-state index is 10.9. The Bertz CT molecular complexity index is 401. The van der Waals surface area contributed by atoms with Gasteiger partial charge in [0.2, 0.25) is 0 Å². The summed E-state index contributed by atoms with van der Waals surface area (Å²) in [5.41, 5.74) is 1.46. The van der Waals surface area contributed by atoms with E-state index in [1.807, 2.05) is 18.2 Å². The smallest absolute Gasteiger partial charge is 0.300 e. The highest BCUT2D eigenvalue weighted by Gasteiger charge is 2.02. The van der Waals surface area contributed by atoms with Crippen molar-refractivity contribution in [2.45, 2.75) is 0 Å². The Morgan fingerprint density at radius 1 is 1.23 bits per heavy atom. The van der Waals surface area contributed by atoms with Gasteiger partial charge in [-0.1, -0.05) is 6.07 Å². The highest BCUT2D eigenvalue weighted by molar-refractivity contribution is 5.55. The zero-order valence-electron chi connectivity index (χ0n) is 6.84. The monoisotopic (exact) mass is 171 g/mol. The second-order valence-corrected chi connectivity index (χ2v) is 2.57. The van der Waals surface area contributed by atoms with Crippen LogP contribution in [0, 0.1) is 11.4 Å². The lowest BCUT2D eigenvalue weighted by Gasteiger charge is -1.97. The number of rotatable bonds is 1. The Hall–Kier alpha value is -1.90. The van der Waals surface area contributed by atoms with Gasteiger partial charge in [0.05, 0.1) is 11.3 Å². The van der Waals surface area contributed by atoms with Crippen LogP contribution in [0.15, 0.2) is 42.7 Å². The van der Waals surface area contributed by atoms with Crippen LogP contribution in [0.1, 0.15) is 0 Å². The van der Waals surface area contributed by atoms with E-state index in [4.69, 9.17) is 0 Å². The fourth-order valence-electron chi connectivity index (χ4n) is 1.08. The Balaban J connectivity index is 2.48. The van der Waals surface area contributed by atoms with Crippen molar-refractivity contribution in [2.75, 3.05) is 0 Å². The van der Waals surface area contributed by atoms with E-state index in [-0.39, 0.29) is 0 Å². The van der Waals surface area contributed by atoms with Crippen molar-refractivity contribution in [3.63, 3.8) is 0 Å². The van der Waals surface area contributed by atoms with Gasteiger partial charge in [-0.15, -0.1) is 0 Å². The highest BCUT2D eigenvalue weighted by Crippen LogP contribution is 2.11. The van der Waals surface area contributed by atoms with E-state index in [1.54, 1.807) is 18.3 Å². The van der Waals surface area contributed by atoms with Crippen molar-refractivity contribution in [1.82, 2.24) is 4.98 Å². The summed E-state index contributed by atoms with van der Waals surface area (Å²) < 4.78 is 0.643. The first kappa shape index (κ1) is 7.73. The minimum Gasteiger partial charge on any atom is -0.618 e. The third-order valence-electron chi connectivity index (χ3n) is 1.66. The number of hydrogen-bond donors (Lipinski definition) is 0. The average Bonchev–Trinajstić information content (AvgIpc) is 2.19. The summed E-state index contributed by atoms with van der Waals surface area (Å²) >= 11 is 0. The zero-order chi connectivity index (χ0) is 9.10. The fraction of sp³-hybridized carbons (Fsp3) is 0. The van der Waals surface area contributed by atoms with Gasteiger partial charge >= 0.3 is 0 Å². The molecule has 0 spiro atoms. The van der Waals surface area contributed by atoms with Crippen LogP contribution in [0.5, 0.6) is 0 Å². The second kappa shape index (κ2) is 3.23. The summed E-state index contributed by atoms with van der Waals surface area (Å²) in [4.78, 5) is 4.11. The number of pyridine rings is 2. The van der Waals surface area contributed by atoms with Gasteiger partial charge in [0.1, 0.15) is 0 Å². The van der Waals surface area contributed by atoms with Crippen molar-refractivity contribution in [1.29, 1.82) is 0 Å². The first-order valence-electron chi connectivity index (χ1n) is 3.89. The lowest BCUT2D eigenvalue weighted by molar-refractivity contribution is -0.609. The lowest BCUT2D eigenvalue weighted by atomic mass is 10.2. The maximum absolute atomic E-state index is 10.9. The van der Waals surface area contributed by atoms with Crippen LogP contribution >= 0.6 is 0 Å².